The van der Waals surface area contributed by atoms with E-state index in [-0.39, 0.29) is 17.8 Å². The first-order chi connectivity index (χ1) is 14.0. The number of hydrogen-bond acceptors (Lipinski definition) is 5. The van der Waals surface area contributed by atoms with E-state index in [2.05, 4.69) is 20.9 Å². The van der Waals surface area contributed by atoms with Gasteiger partial charge in [-0.25, -0.2) is 9.79 Å². The molecule has 29 heavy (non-hydrogen) atoms. The minimum absolute atomic E-state index is 0.0559. The Morgan fingerprint density at radius 3 is 2.69 bits per heavy atom. The van der Waals surface area contributed by atoms with Gasteiger partial charge in [0.25, 0.3) is 0 Å². The van der Waals surface area contributed by atoms with Crippen molar-refractivity contribution in [2.75, 3.05) is 0 Å². The van der Waals surface area contributed by atoms with Crippen molar-refractivity contribution in [3.63, 3.8) is 0 Å². The van der Waals surface area contributed by atoms with Gasteiger partial charge in [0.15, 0.2) is 5.17 Å². The summed E-state index contributed by atoms with van der Waals surface area (Å²) in [6, 6.07) is 16.6. The lowest BCUT2D eigenvalue weighted by atomic mass is 9.94. The number of hydrogen-bond donors (Lipinski definition) is 0. The number of fused-ring (bicyclic) bond motifs is 1. The highest BCUT2D eigenvalue weighted by molar-refractivity contribution is 9.10. The van der Waals surface area contributed by atoms with Crippen molar-refractivity contribution in [3.05, 3.63) is 81.5 Å². The van der Waals surface area contributed by atoms with Gasteiger partial charge in [0, 0.05) is 4.47 Å². The summed E-state index contributed by atoms with van der Waals surface area (Å²) in [6.45, 7) is 3.81. The van der Waals surface area contributed by atoms with Gasteiger partial charge in [-0.2, -0.15) is 0 Å². The van der Waals surface area contributed by atoms with Crippen molar-refractivity contribution in [2.24, 2.45) is 4.99 Å². The second kappa shape index (κ2) is 8.16. The monoisotopic (exact) mass is 470 g/mol. The van der Waals surface area contributed by atoms with Gasteiger partial charge in [-0.15, -0.1) is 0 Å². The third-order valence-electron chi connectivity index (χ3n) is 4.86. The Morgan fingerprint density at radius 1 is 1.21 bits per heavy atom. The van der Waals surface area contributed by atoms with E-state index in [1.165, 1.54) is 11.8 Å². The third kappa shape index (κ3) is 3.89. The lowest BCUT2D eigenvalue weighted by Gasteiger charge is -2.33. The minimum atomic E-state index is -0.562. The molecule has 0 spiro atoms. The fourth-order valence-electron chi connectivity index (χ4n) is 3.46. The van der Waals surface area contributed by atoms with Crippen LogP contribution in [-0.4, -0.2) is 27.2 Å². The highest BCUT2D eigenvalue weighted by Gasteiger charge is 2.46. The maximum atomic E-state index is 13.1. The molecule has 0 aliphatic carbocycles. The number of aliphatic imine (C=N–C) groups is 1. The average Bonchev–Trinajstić information content (AvgIpc) is 2.99. The Labute approximate surface area is 182 Å². The van der Waals surface area contributed by atoms with Gasteiger partial charge in [-0.05, 0) is 37.1 Å². The van der Waals surface area contributed by atoms with E-state index in [1.807, 2.05) is 61.5 Å². The van der Waals surface area contributed by atoms with Gasteiger partial charge in [-0.3, -0.25) is 9.69 Å². The number of allylic oxidation sites excluding steroid dienone is 1. The summed E-state index contributed by atoms with van der Waals surface area (Å²) in [6.07, 6.45) is 0. The van der Waals surface area contributed by atoms with E-state index >= 15 is 0 Å². The number of thioether (sulfide) groups is 1. The zero-order valence-corrected chi connectivity index (χ0v) is 18.4. The summed E-state index contributed by atoms with van der Waals surface area (Å²) < 4.78 is 6.48. The van der Waals surface area contributed by atoms with E-state index in [0.29, 0.717) is 16.4 Å². The van der Waals surface area contributed by atoms with E-state index < -0.39 is 12.0 Å². The first-order valence-corrected chi connectivity index (χ1v) is 10.9. The first-order valence-electron chi connectivity index (χ1n) is 9.21. The van der Waals surface area contributed by atoms with Crippen molar-refractivity contribution in [1.29, 1.82) is 0 Å². The van der Waals surface area contributed by atoms with Crippen LogP contribution < -0.4 is 0 Å². The SMILES string of the molecule is CC1=C(C(=O)OCc2ccccc2)[C@H](c2cccc(Br)c2)N2C(=O)[C@@H](C)SC2=N1. The number of esters is 1. The molecule has 0 N–H and O–H groups in total. The summed E-state index contributed by atoms with van der Waals surface area (Å²) in [5.74, 6) is -0.518. The summed E-state index contributed by atoms with van der Waals surface area (Å²) >= 11 is 4.91. The van der Waals surface area contributed by atoms with E-state index in [9.17, 15) is 9.59 Å². The number of ether oxygens (including phenoxy) is 1. The largest absolute Gasteiger partial charge is 0.457 e. The fraction of sp³-hybridized carbons (Fsp3) is 0.227. The molecule has 2 aliphatic heterocycles. The van der Waals surface area contributed by atoms with Gasteiger partial charge >= 0.3 is 5.97 Å². The molecule has 2 aliphatic rings. The van der Waals surface area contributed by atoms with Crippen molar-refractivity contribution >= 4 is 44.7 Å². The number of amides is 1. The van der Waals surface area contributed by atoms with Crippen molar-refractivity contribution < 1.29 is 14.3 Å². The summed E-state index contributed by atoms with van der Waals surface area (Å²) in [5, 5.41) is 0.389. The number of amidine groups is 1. The van der Waals surface area contributed by atoms with Crippen molar-refractivity contribution in [3.8, 4) is 0 Å². The standard InChI is InChI=1S/C22H19BrN2O3S/c1-13-18(21(27)28-12-15-7-4-3-5-8-15)19(16-9-6-10-17(23)11-16)25-20(26)14(2)29-22(25)24-13/h3-11,14,19H,12H2,1-2H3/t14-,19+/m1/s1. The van der Waals surface area contributed by atoms with E-state index in [0.717, 1.165) is 15.6 Å². The van der Waals surface area contributed by atoms with Crippen LogP contribution in [0.25, 0.3) is 0 Å². The quantitative estimate of drug-likeness (QED) is 0.599. The predicted molar refractivity (Wildman–Crippen MR) is 117 cm³/mol. The van der Waals surface area contributed by atoms with E-state index in [1.54, 1.807) is 11.8 Å². The molecule has 148 valence electrons. The number of carbonyl (C=O) groups is 2. The third-order valence-corrected chi connectivity index (χ3v) is 6.40. The second-order valence-corrected chi connectivity index (χ2v) is 9.10. The molecule has 0 radical (unpaired) electrons. The van der Waals surface area contributed by atoms with Crippen LogP contribution >= 0.6 is 27.7 Å². The number of rotatable bonds is 4. The lowest BCUT2D eigenvalue weighted by Crippen LogP contribution is -2.40. The van der Waals surface area contributed by atoms with Gasteiger partial charge in [0.1, 0.15) is 6.61 Å². The van der Waals surface area contributed by atoms with Crippen LogP contribution in [0.1, 0.15) is 31.0 Å². The van der Waals surface area contributed by atoms with Crippen LogP contribution in [0.4, 0.5) is 0 Å². The lowest BCUT2D eigenvalue weighted by molar-refractivity contribution is -0.141. The topological polar surface area (TPSA) is 59.0 Å². The predicted octanol–water partition coefficient (Wildman–Crippen LogP) is 4.84. The van der Waals surface area contributed by atoms with E-state index in [4.69, 9.17) is 4.74 Å². The molecule has 2 aromatic rings. The molecular formula is C22H19BrN2O3S. The zero-order valence-electron chi connectivity index (χ0n) is 16.0. The molecular weight excluding hydrogens is 452 g/mol. The Morgan fingerprint density at radius 2 is 1.97 bits per heavy atom. The molecule has 7 heteroatoms. The van der Waals surface area contributed by atoms with Gasteiger partial charge in [-0.1, -0.05) is 70.2 Å². The van der Waals surface area contributed by atoms with Crippen LogP contribution in [0.15, 0.2) is 75.3 Å². The van der Waals surface area contributed by atoms with Crippen molar-refractivity contribution in [2.45, 2.75) is 31.7 Å². The molecule has 2 heterocycles. The van der Waals surface area contributed by atoms with Gasteiger partial charge in [0.05, 0.1) is 22.6 Å². The van der Waals surface area contributed by atoms with Crippen LogP contribution in [0.3, 0.4) is 0 Å². The highest BCUT2D eigenvalue weighted by Crippen LogP contribution is 2.43. The highest BCUT2D eigenvalue weighted by atomic mass is 79.9. The van der Waals surface area contributed by atoms with Crippen LogP contribution in [0.5, 0.6) is 0 Å². The Hall–Kier alpha value is -2.38. The molecule has 0 unspecified atom stereocenters. The van der Waals surface area contributed by atoms with Crippen molar-refractivity contribution in [1.82, 2.24) is 4.90 Å². The molecule has 0 saturated carbocycles. The maximum absolute atomic E-state index is 13.1. The second-order valence-electron chi connectivity index (χ2n) is 6.88. The normalized spacial score (nSPS) is 21.1. The summed E-state index contributed by atoms with van der Waals surface area (Å²) in [4.78, 5) is 32.2. The summed E-state index contributed by atoms with van der Waals surface area (Å²) in [7, 11) is 0. The molecule has 1 amide bonds. The van der Waals surface area contributed by atoms with Crippen LogP contribution in [0, 0.1) is 0 Å². The first kappa shape index (κ1) is 19.9. The van der Waals surface area contributed by atoms with Gasteiger partial charge < -0.3 is 4.74 Å². The van der Waals surface area contributed by atoms with Crippen LogP contribution in [-0.2, 0) is 20.9 Å². The van der Waals surface area contributed by atoms with Crippen LogP contribution in [0.2, 0.25) is 0 Å². The molecule has 1 fully saturated rings. The molecule has 1 saturated heterocycles. The number of nitrogens with zero attached hydrogens (tertiary/aromatic N) is 2. The summed E-state index contributed by atoms with van der Waals surface area (Å²) in [5.41, 5.74) is 2.71. The molecule has 2 atom stereocenters. The fourth-order valence-corrected chi connectivity index (χ4v) is 4.90. The molecule has 0 bridgehead atoms. The molecule has 4 rings (SSSR count). The molecule has 0 aromatic heterocycles. The smallest absolute Gasteiger partial charge is 0.338 e. The number of benzene rings is 2. The Balaban J connectivity index is 1.72. The minimum Gasteiger partial charge on any atom is -0.457 e. The molecule has 5 nitrogen and oxygen atoms in total. The van der Waals surface area contributed by atoms with Gasteiger partial charge in [0.2, 0.25) is 5.91 Å². The number of halogens is 1. The molecule has 2 aromatic carbocycles. The zero-order chi connectivity index (χ0) is 20.5. The average molecular weight is 471 g/mol. The Kier molecular flexibility index (Phi) is 5.61. The maximum Gasteiger partial charge on any atom is 0.338 e. The Bertz CT molecular complexity index is 1040. The number of carbonyl (C=O) groups excluding carboxylic acids is 2.